The highest BCUT2D eigenvalue weighted by Crippen LogP contribution is 2.38. The Morgan fingerprint density at radius 1 is 1.07 bits per heavy atom. The lowest BCUT2D eigenvalue weighted by Crippen LogP contribution is -2.41. The largest absolute Gasteiger partial charge is 0.324 e. The first-order valence-corrected chi connectivity index (χ1v) is 10.6. The zero-order valence-electron chi connectivity index (χ0n) is 15.9. The van der Waals surface area contributed by atoms with E-state index in [1.54, 1.807) is 43.6 Å². The van der Waals surface area contributed by atoms with E-state index in [9.17, 15) is 17.2 Å². The van der Waals surface area contributed by atoms with Gasteiger partial charge in [0.2, 0.25) is 5.96 Å². The summed E-state index contributed by atoms with van der Waals surface area (Å²) < 4.78 is 57.0. The van der Waals surface area contributed by atoms with Gasteiger partial charge >= 0.3 is 0 Å². The van der Waals surface area contributed by atoms with Crippen molar-refractivity contribution < 1.29 is 17.2 Å². The lowest BCUT2D eigenvalue weighted by molar-refractivity contribution is 0.577. The van der Waals surface area contributed by atoms with Crippen molar-refractivity contribution in [3.63, 3.8) is 0 Å². The van der Waals surface area contributed by atoms with Gasteiger partial charge in [-0.2, -0.15) is 0 Å². The number of sulfonamides is 1. The van der Waals surface area contributed by atoms with Crippen LogP contribution in [0.1, 0.15) is 29.5 Å². The van der Waals surface area contributed by atoms with E-state index in [2.05, 4.69) is 20.0 Å². The molecule has 1 unspecified atom stereocenters. The molecule has 1 aromatic heterocycles. The number of anilines is 1. The Morgan fingerprint density at radius 3 is 2.60 bits per heavy atom. The van der Waals surface area contributed by atoms with Gasteiger partial charge in [-0.25, -0.2) is 26.9 Å². The molecule has 0 fully saturated rings. The SMILES string of the molecule is CC(c1ccccc1F)c1c(F)ccc2c1NC(=NCc1cccnc1)NS2(=O)=O. The zero-order chi connectivity index (χ0) is 21.3. The van der Waals surface area contributed by atoms with Crippen molar-refractivity contribution in [1.29, 1.82) is 0 Å². The van der Waals surface area contributed by atoms with Crippen LogP contribution in [0.4, 0.5) is 14.5 Å². The van der Waals surface area contributed by atoms with Gasteiger partial charge < -0.3 is 5.32 Å². The minimum Gasteiger partial charge on any atom is -0.324 e. The van der Waals surface area contributed by atoms with Crippen LogP contribution in [0, 0.1) is 11.6 Å². The molecule has 1 atom stereocenters. The highest BCUT2D eigenvalue weighted by molar-refractivity contribution is 7.90. The average Bonchev–Trinajstić information content (AvgIpc) is 2.72. The second-order valence-electron chi connectivity index (χ2n) is 6.83. The molecular weight excluding hydrogens is 410 g/mol. The molecule has 154 valence electrons. The summed E-state index contributed by atoms with van der Waals surface area (Å²) in [6.07, 6.45) is 3.23. The Kier molecular flexibility index (Phi) is 5.21. The number of rotatable bonds is 4. The third-order valence-corrected chi connectivity index (χ3v) is 6.25. The number of pyridine rings is 1. The number of guanidine groups is 1. The highest BCUT2D eigenvalue weighted by atomic mass is 32.2. The Hall–Kier alpha value is -3.33. The minimum absolute atomic E-state index is 0.0427. The van der Waals surface area contributed by atoms with Gasteiger partial charge in [0.25, 0.3) is 10.0 Å². The summed E-state index contributed by atoms with van der Waals surface area (Å²) in [4.78, 5) is 8.11. The standard InChI is InChI=1S/C21H18F2N4O2S/c1-13(15-6-2-3-7-16(15)22)19-17(23)8-9-18-20(19)26-21(27-30(18,28)29)25-12-14-5-4-10-24-11-14/h2-11,13H,12H2,1H3,(H2,25,26,27). The fourth-order valence-electron chi connectivity index (χ4n) is 3.39. The summed E-state index contributed by atoms with van der Waals surface area (Å²) >= 11 is 0. The predicted octanol–water partition coefficient (Wildman–Crippen LogP) is 3.77. The molecule has 1 aliphatic rings. The average molecular weight is 428 g/mol. The molecule has 30 heavy (non-hydrogen) atoms. The fourth-order valence-corrected chi connectivity index (χ4v) is 4.55. The van der Waals surface area contributed by atoms with Gasteiger partial charge in [0, 0.05) is 23.9 Å². The van der Waals surface area contributed by atoms with Crippen LogP contribution in [-0.2, 0) is 16.6 Å². The third kappa shape index (κ3) is 3.76. The molecule has 6 nitrogen and oxygen atoms in total. The predicted molar refractivity (Wildman–Crippen MR) is 110 cm³/mol. The molecule has 3 aromatic rings. The van der Waals surface area contributed by atoms with Crippen molar-refractivity contribution in [2.24, 2.45) is 4.99 Å². The molecule has 0 spiro atoms. The third-order valence-electron chi connectivity index (χ3n) is 4.87. The van der Waals surface area contributed by atoms with Gasteiger partial charge in [-0.1, -0.05) is 31.2 Å². The molecular formula is C21H18F2N4O2S. The number of halogens is 2. The van der Waals surface area contributed by atoms with E-state index in [4.69, 9.17) is 0 Å². The van der Waals surface area contributed by atoms with E-state index >= 15 is 0 Å². The van der Waals surface area contributed by atoms with E-state index in [0.717, 1.165) is 11.6 Å². The van der Waals surface area contributed by atoms with Crippen molar-refractivity contribution in [3.05, 3.63) is 89.2 Å². The maximum Gasteiger partial charge on any atom is 0.266 e. The minimum atomic E-state index is -3.98. The highest BCUT2D eigenvalue weighted by Gasteiger charge is 2.32. The van der Waals surface area contributed by atoms with Crippen molar-refractivity contribution in [3.8, 4) is 0 Å². The number of hydrogen-bond donors (Lipinski definition) is 2. The normalized spacial score (nSPS) is 17.0. The molecule has 0 amide bonds. The van der Waals surface area contributed by atoms with Gasteiger partial charge in [-0.3, -0.25) is 4.98 Å². The van der Waals surface area contributed by atoms with Crippen molar-refractivity contribution in [2.45, 2.75) is 24.3 Å². The number of nitrogens with zero attached hydrogens (tertiary/aromatic N) is 2. The van der Waals surface area contributed by atoms with Crippen LogP contribution < -0.4 is 10.0 Å². The maximum absolute atomic E-state index is 14.8. The number of fused-ring (bicyclic) bond motifs is 1. The number of aliphatic imine (C=N–C) groups is 1. The quantitative estimate of drug-likeness (QED) is 0.663. The van der Waals surface area contributed by atoms with Crippen LogP contribution in [0.2, 0.25) is 0 Å². The molecule has 0 saturated heterocycles. The van der Waals surface area contributed by atoms with Crippen LogP contribution in [-0.4, -0.2) is 19.4 Å². The number of nitrogens with one attached hydrogen (secondary N) is 2. The summed E-state index contributed by atoms with van der Waals surface area (Å²) in [7, 11) is -3.98. The second kappa shape index (κ2) is 7.83. The van der Waals surface area contributed by atoms with Gasteiger partial charge in [-0.05, 0) is 35.4 Å². The first-order valence-electron chi connectivity index (χ1n) is 9.17. The van der Waals surface area contributed by atoms with E-state index in [1.807, 2.05) is 0 Å². The maximum atomic E-state index is 14.8. The first-order chi connectivity index (χ1) is 14.4. The second-order valence-corrected chi connectivity index (χ2v) is 8.48. The van der Waals surface area contributed by atoms with E-state index < -0.39 is 27.6 Å². The first kappa shape index (κ1) is 20.0. The summed E-state index contributed by atoms with van der Waals surface area (Å²) in [5, 5.41) is 2.88. The summed E-state index contributed by atoms with van der Waals surface area (Å²) in [5.74, 6) is -1.91. The van der Waals surface area contributed by atoms with Gasteiger partial charge in [0.05, 0.1) is 12.2 Å². The molecule has 9 heteroatoms. The lowest BCUT2D eigenvalue weighted by Gasteiger charge is -2.26. The number of hydrogen-bond acceptors (Lipinski definition) is 4. The van der Waals surface area contributed by atoms with Gasteiger partial charge in [0.1, 0.15) is 16.5 Å². The summed E-state index contributed by atoms with van der Waals surface area (Å²) in [6.45, 7) is 1.79. The smallest absolute Gasteiger partial charge is 0.266 e. The number of aromatic nitrogens is 1. The van der Waals surface area contributed by atoms with Crippen LogP contribution in [0.5, 0.6) is 0 Å². The van der Waals surface area contributed by atoms with E-state index in [1.165, 1.54) is 18.2 Å². The topological polar surface area (TPSA) is 83.4 Å². The number of benzene rings is 2. The van der Waals surface area contributed by atoms with Crippen molar-refractivity contribution in [2.75, 3.05) is 5.32 Å². The molecule has 0 radical (unpaired) electrons. The fraction of sp³-hybridized carbons (Fsp3) is 0.143. The van der Waals surface area contributed by atoms with E-state index in [0.29, 0.717) is 0 Å². The Balaban J connectivity index is 1.79. The molecule has 2 aromatic carbocycles. The molecule has 4 rings (SSSR count). The molecule has 0 saturated carbocycles. The van der Waals surface area contributed by atoms with Gasteiger partial charge in [0.15, 0.2) is 0 Å². The zero-order valence-corrected chi connectivity index (χ0v) is 16.7. The van der Waals surface area contributed by atoms with Gasteiger partial charge in [-0.15, -0.1) is 0 Å². The van der Waals surface area contributed by atoms with Crippen LogP contribution >= 0.6 is 0 Å². The summed E-state index contributed by atoms with van der Waals surface area (Å²) in [6, 6.07) is 11.8. The molecule has 0 bridgehead atoms. The molecule has 0 aliphatic carbocycles. The van der Waals surface area contributed by atoms with E-state index in [-0.39, 0.29) is 34.2 Å². The monoisotopic (exact) mass is 428 g/mol. The Morgan fingerprint density at radius 2 is 1.87 bits per heavy atom. The molecule has 1 aliphatic heterocycles. The van der Waals surface area contributed by atoms with Crippen LogP contribution in [0.15, 0.2) is 70.8 Å². The molecule has 2 heterocycles. The molecule has 2 N–H and O–H groups in total. The Bertz CT molecular complexity index is 1230. The van der Waals surface area contributed by atoms with Crippen LogP contribution in [0.25, 0.3) is 0 Å². The van der Waals surface area contributed by atoms with Crippen molar-refractivity contribution >= 4 is 21.7 Å². The lowest BCUT2D eigenvalue weighted by atomic mass is 9.91. The summed E-state index contributed by atoms with van der Waals surface area (Å²) in [5.41, 5.74) is 1.14. The Labute approximate surface area is 172 Å². The van der Waals surface area contributed by atoms with Crippen LogP contribution in [0.3, 0.4) is 0 Å². The van der Waals surface area contributed by atoms with Crippen molar-refractivity contribution in [1.82, 2.24) is 9.71 Å².